The van der Waals surface area contributed by atoms with Crippen LogP contribution >= 0.6 is 0 Å². The highest BCUT2D eigenvalue weighted by Gasteiger charge is 2.01. The number of nitrogens with zero attached hydrogens (tertiary/aromatic N) is 1. The molecule has 0 aromatic heterocycles. The Morgan fingerprint density at radius 1 is 1.29 bits per heavy atom. The van der Waals surface area contributed by atoms with E-state index in [-0.39, 0.29) is 0 Å². The third-order valence-electron chi connectivity index (χ3n) is 1.34. The highest BCUT2D eigenvalue weighted by molar-refractivity contribution is 4.62. The van der Waals surface area contributed by atoms with E-state index in [1.54, 1.807) is 0 Å². The van der Waals surface area contributed by atoms with Gasteiger partial charge in [-0.25, -0.2) is 0 Å². The molecule has 1 rings (SSSR count). The van der Waals surface area contributed by atoms with Crippen LogP contribution in [-0.4, -0.2) is 38.1 Å². The van der Waals surface area contributed by atoms with Crippen LogP contribution in [0.3, 0.4) is 0 Å². The maximum Gasteiger partial charge on any atom is 0.0104 e. The topological polar surface area (TPSA) is 15.3 Å². The zero-order valence-electron chi connectivity index (χ0n) is 4.78. The van der Waals surface area contributed by atoms with Crippen LogP contribution < -0.4 is 5.32 Å². The summed E-state index contributed by atoms with van der Waals surface area (Å²) in [6.45, 7) is 4.74. The van der Waals surface area contributed by atoms with Gasteiger partial charge >= 0.3 is 0 Å². The third kappa shape index (κ3) is 1.45. The Morgan fingerprint density at radius 2 is 1.86 bits per heavy atom. The van der Waals surface area contributed by atoms with Crippen molar-refractivity contribution in [3.63, 3.8) is 0 Å². The Bertz CT molecular complexity index is 48.0. The van der Waals surface area contributed by atoms with E-state index >= 15 is 0 Å². The molecule has 0 radical (unpaired) electrons. The number of rotatable bonds is 0. The quantitative estimate of drug-likeness (QED) is 0.330. The number of hydrogen-bond acceptors (Lipinski definition) is 2. The number of likely N-dealkylation sites (N-methyl/N-ethyl adjacent to an activating group) is 1. The lowest BCUT2D eigenvalue weighted by molar-refractivity contribution is 0.291. The van der Waals surface area contributed by atoms with E-state index in [1.165, 1.54) is 13.1 Å². The molecule has 1 fully saturated rings. The average Bonchev–Trinajstić information content (AvgIpc) is 1.69. The lowest BCUT2D eigenvalue weighted by Gasteiger charge is -2.21. The monoisotopic (exact) mass is 104 g/mol. The van der Waals surface area contributed by atoms with Crippen LogP contribution in [0.1, 0.15) is 0 Å². The first-order chi connectivity index (χ1) is 3.39. The van der Waals surface area contributed by atoms with Crippen LogP contribution in [0.25, 0.3) is 0 Å². The van der Waals surface area contributed by atoms with E-state index in [2.05, 4.69) is 17.3 Å². The molecule has 1 aliphatic heterocycles. The summed E-state index contributed by atoms with van der Waals surface area (Å²) < 4.78 is 0. The van der Waals surface area contributed by atoms with Gasteiger partial charge in [-0.15, -0.1) is 0 Å². The Balaban J connectivity index is 2.12. The normalized spacial score (nSPS) is 25.3. The van der Waals surface area contributed by atoms with Crippen molar-refractivity contribution < 1.29 is 0 Å². The van der Waals surface area contributed by atoms with Crippen LogP contribution in [0.2, 0.25) is 0 Å². The van der Waals surface area contributed by atoms with Crippen molar-refractivity contribution in [1.82, 2.24) is 10.2 Å². The fraction of sp³-hybridized carbons (Fsp3) is 1.00. The minimum absolute atomic E-state index is 1.16. The first-order valence-corrected chi connectivity index (χ1v) is 2.79. The largest absolute Gasteiger partial charge is 0.314 e. The van der Waals surface area contributed by atoms with E-state index in [4.69, 9.17) is 0 Å². The molecule has 2 nitrogen and oxygen atoms in total. The molecule has 1 heterocycles. The minimum Gasteiger partial charge on any atom is -0.314 e. The summed E-state index contributed by atoms with van der Waals surface area (Å²) in [4.78, 5) is 2.33. The Morgan fingerprint density at radius 3 is 2.14 bits per heavy atom. The molecule has 0 amide bonds. The fourth-order valence-electron chi connectivity index (χ4n) is 0.777. The molecular formula is C5H12N2. The summed E-state index contributed by atoms with van der Waals surface area (Å²) >= 11 is 0. The van der Waals surface area contributed by atoms with Crippen LogP contribution in [0.15, 0.2) is 0 Å². The van der Waals surface area contributed by atoms with Crippen LogP contribution in [0, 0.1) is 0 Å². The number of piperazine rings is 1. The molecule has 0 aliphatic carbocycles. The predicted octanol–water partition coefficient (Wildman–Crippen LogP) is -0.479. The lowest BCUT2D eigenvalue weighted by Crippen LogP contribution is -2.40. The summed E-state index contributed by atoms with van der Waals surface area (Å²) in [6, 6.07) is 0. The number of hydrogen-bond donors (Lipinski definition) is 1. The summed E-state index contributed by atoms with van der Waals surface area (Å²) in [7, 11) is 2.15. The molecule has 0 saturated carbocycles. The van der Waals surface area contributed by atoms with Crippen molar-refractivity contribution in [3.8, 4) is 0 Å². The molecule has 7 heavy (non-hydrogen) atoms. The molecule has 0 atom stereocenters. The zero-order valence-corrected chi connectivity index (χ0v) is 4.78. The Kier molecular flexibility index (Phi) is 1.65. The maximum absolute atomic E-state index is 3.27. The van der Waals surface area contributed by atoms with E-state index in [0.29, 0.717) is 0 Å². The molecule has 0 bridgehead atoms. The van der Waals surface area contributed by atoms with Gasteiger partial charge in [-0.05, 0) is 7.05 Å². The number of nitrogens with one attached hydrogen (secondary N) is 1. The predicted molar refractivity (Wildman–Crippen MR) is 30.4 cm³/mol. The SMILES string of the molecule is CN1[13CH2]C[15NH][13CH2][13CH2]1. The van der Waals surface area contributed by atoms with Gasteiger partial charge in [-0.1, -0.05) is 0 Å². The van der Waals surface area contributed by atoms with E-state index in [0.717, 1.165) is 13.1 Å². The van der Waals surface area contributed by atoms with E-state index in [1.807, 2.05) is 0 Å². The molecule has 0 aromatic rings. The molecule has 42 valence electrons. The Hall–Kier alpha value is -0.0800. The summed E-state index contributed by atoms with van der Waals surface area (Å²) in [5.41, 5.74) is 0. The molecule has 1 saturated heterocycles. The molecule has 2 heteroatoms. The summed E-state index contributed by atoms with van der Waals surface area (Å²) in [5.74, 6) is 0. The Labute approximate surface area is 44.5 Å². The van der Waals surface area contributed by atoms with Crippen molar-refractivity contribution >= 4 is 0 Å². The van der Waals surface area contributed by atoms with Crippen molar-refractivity contribution in [1.29, 1.82) is 0 Å². The molecular weight excluding hydrogens is 92.0 g/mol. The van der Waals surface area contributed by atoms with Gasteiger partial charge in [-0.3, -0.25) is 0 Å². The smallest absolute Gasteiger partial charge is 0.0104 e. The van der Waals surface area contributed by atoms with E-state index < -0.39 is 0 Å². The standard InChI is InChI=1S/C5H12N2/c1-7-4-2-6-3-5-7/h6H,2-5H2,1H3/i2+1,4+1,5+1,6+1. The molecule has 0 spiro atoms. The van der Waals surface area contributed by atoms with Crippen LogP contribution in [0.5, 0.6) is 0 Å². The van der Waals surface area contributed by atoms with Gasteiger partial charge in [0.05, 0.1) is 0 Å². The maximum atomic E-state index is 3.27. The second-order valence-electron chi connectivity index (χ2n) is 2.05. The van der Waals surface area contributed by atoms with Gasteiger partial charge < -0.3 is 10.2 Å². The molecule has 0 unspecified atom stereocenters. The lowest BCUT2D eigenvalue weighted by atomic mass is 10.9. The average molecular weight is 104 g/mol. The molecule has 1 N–H and O–H groups in total. The van der Waals surface area contributed by atoms with Gasteiger partial charge in [-0.2, -0.15) is 0 Å². The zero-order chi connectivity index (χ0) is 5.11. The van der Waals surface area contributed by atoms with Crippen LogP contribution in [0.4, 0.5) is 0 Å². The van der Waals surface area contributed by atoms with E-state index in [9.17, 15) is 0 Å². The fourth-order valence-corrected chi connectivity index (χ4v) is 0.777. The van der Waals surface area contributed by atoms with Gasteiger partial charge in [0.1, 0.15) is 0 Å². The van der Waals surface area contributed by atoms with Crippen molar-refractivity contribution in [2.45, 2.75) is 0 Å². The van der Waals surface area contributed by atoms with Crippen LogP contribution in [-0.2, 0) is 0 Å². The van der Waals surface area contributed by atoms with Crippen molar-refractivity contribution in [2.24, 2.45) is 0 Å². The van der Waals surface area contributed by atoms with Crippen molar-refractivity contribution in [2.75, 3.05) is 33.2 Å². The first kappa shape index (κ1) is 5.06. The van der Waals surface area contributed by atoms with Gasteiger partial charge in [0, 0.05) is 26.2 Å². The highest BCUT2D eigenvalue weighted by Crippen LogP contribution is 1.82. The third-order valence-corrected chi connectivity index (χ3v) is 1.34. The second-order valence-corrected chi connectivity index (χ2v) is 2.05. The van der Waals surface area contributed by atoms with Gasteiger partial charge in [0.15, 0.2) is 0 Å². The van der Waals surface area contributed by atoms with Gasteiger partial charge in [0.2, 0.25) is 0 Å². The first-order valence-electron chi connectivity index (χ1n) is 2.79. The minimum atomic E-state index is 1.16. The summed E-state index contributed by atoms with van der Waals surface area (Å²) in [5, 5.41) is 3.27. The molecule has 0 aromatic carbocycles. The summed E-state index contributed by atoms with van der Waals surface area (Å²) in [6.07, 6.45) is 0. The highest BCUT2D eigenvalue weighted by atomic mass is 15.8. The van der Waals surface area contributed by atoms with Gasteiger partial charge in [0.25, 0.3) is 0 Å². The second kappa shape index (κ2) is 2.28. The van der Waals surface area contributed by atoms with Crippen molar-refractivity contribution in [3.05, 3.63) is 0 Å². The molecule has 1 aliphatic rings.